The van der Waals surface area contributed by atoms with Crippen molar-refractivity contribution in [3.05, 3.63) is 11.4 Å². The smallest absolute Gasteiger partial charge is 0.369 e. The number of nitrogens with two attached hydrogens (primary N) is 1. The maximum Gasteiger partial charge on any atom is 0.434 e. The van der Waals surface area contributed by atoms with Gasteiger partial charge in [-0.05, 0) is 6.92 Å². The van der Waals surface area contributed by atoms with Crippen molar-refractivity contribution in [2.45, 2.75) is 26.1 Å². The number of hydrogen-bond acceptors (Lipinski definition) is 3. The summed E-state index contributed by atoms with van der Waals surface area (Å²) in [6.45, 7) is 1.53. The minimum atomic E-state index is -4.58. The summed E-state index contributed by atoms with van der Waals surface area (Å²) in [7, 11) is 0. The number of halogens is 3. The monoisotopic (exact) mass is 222 g/mol. The predicted octanol–water partition coefficient (Wildman–Crippen LogP) is 0.345. The van der Waals surface area contributed by atoms with Gasteiger partial charge in [-0.2, -0.15) is 13.2 Å². The molecule has 84 valence electrons. The first-order valence-corrected chi connectivity index (χ1v) is 4.14. The number of primary amides is 1. The average Bonchev–Trinajstić information content (AvgIpc) is 2.45. The van der Waals surface area contributed by atoms with E-state index >= 15 is 0 Å². The van der Waals surface area contributed by atoms with Crippen molar-refractivity contribution in [2.75, 3.05) is 0 Å². The molecule has 1 aromatic rings. The minimum absolute atomic E-state index is 0.0284. The second-order valence-electron chi connectivity index (χ2n) is 2.84. The molecule has 0 aromatic carbocycles. The molecule has 8 heteroatoms. The van der Waals surface area contributed by atoms with Gasteiger partial charge < -0.3 is 5.73 Å². The molecule has 0 atom stereocenters. The van der Waals surface area contributed by atoms with Gasteiger partial charge in [0.1, 0.15) is 5.69 Å². The Bertz CT molecular complexity index is 371. The summed E-state index contributed by atoms with van der Waals surface area (Å²) in [5.41, 5.74) is 3.36. The second kappa shape index (κ2) is 3.87. The van der Waals surface area contributed by atoms with Crippen LogP contribution in [0.15, 0.2) is 0 Å². The molecule has 0 aliphatic rings. The van der Waals surface area contributed by atoms with E-state index < -0.39 is 29.9 Å². The molecule has 5 nitrogen and oxygen atoms in total. The van der Waals surface area contributed by atoms with Crippen molar-refractivity contribution in [2.24, 2.45) is 5.73 Å². The lowest BCUT2D eigenvalue weighted by Gasteiger charge is -2.08. The van der Waals surface area contributed by atoms with E-state index in [0.717, 1.165) is 0 Å². The fraction of sp³-hybridized carbons (Fsp3) is 0.571. The molecule has 0 saturated carbocycles. The number of rotatable bonds is 3. The third-order valence-electron chi connectivity index (χ3n) is 1.71. The lowest BCUT2D eigenvalue weighted by molar-refractivity contribution is -0.144. The number of nitrogens with zero attached hydrogens (tertiary/aromatic N) is 3. The molecular weight excluding hydrogens is 213 g/mol. The summed E-state index contributed by atoms with van der Waals surface area (Å²) in [6.07, 6.45) is -5.14. The maximum atomic E-state index is 12.5. The van der Waals surface area contributed by atoms with Gasteiger partial charge >= 0.3 is 6.18 Å². The molecule has 1 amide bonds. The third kappa shape index (κ3) is 2.45. The first-order chi connectivity index (χ1) is 6.86. The van der Waals surface area contributed by atoms with Gasteiger partial charge in [0.05, 0.1) is 6.42 Å². The summed E-state index contributed by atoms with van der Waals surface area (Å²) < 4.78 is 38.3. The Kier molecular flexibility index (Phi) is 2.96. The molecule has 15 heavy (non-hydrogen) atoms. The highest BCUT2D eigenvalue weighted by atomic mass is 19.4. The molecule has 0 unspecified atom stereocenters. The zero-order valence-electron chi connectivity index (χ0n) is 7.88. The number of carbonyl (C=O) groups excluding carboxylic acids is 1. The summed E-state index contributed by atoms with van der Waals surface area (Å²) in [4.78, 5) is 10.5. The fourth-order valence-electron chi connectivity index (χ4n) is 1.16. The van der Waals surface area contributed by atoms with Crippen LogP contribution in [0.25, 0.3) is 0 Å². The van der Waals surface area contributed by atoms with Crippen molar-refractivity contribution < 1.29 is 18.0 Å². The number of hydrogen-bond donors (Lipinski definition) is 1. The topological polar surface area (TPSA) is 73.8 Å². The van der Waals surface area contributed by atoms with Crippen LogP contribution < -0.4 is 5.73 Å². The number of alkyl halides is 3. The van der Waals surface area contributed by atoms with Gasteiger partial charge in [0.25, 0.3) is 0 Å². The zero-order chi connectivity index (χ0) is 11.6. The van der Waals surface area contributed by atoms with Gasteiger partial charge in [-0.25, -0.2) is 4.68 Å². The molecule has 0 radical (unpaired) electrons. The second-order valence-corrected chi connectivity index (χ2v) is 2.84. The first kappa shape index (κ1) is 11.5. The van der Waals surface area contributed by atoms with E-state index in [9.17, 15) is 18.0 Å². The molecule has 1 rings (SSSR count). The molecule has 0 bridgehead atoms. The Morgan fingerprint density at radius 3 is 2.53 bits per heavy atom. The Hall–Kier alpha value is -1.60. The highest BCUT2D eigenvalue weighted by Gasteiger charge is 2.39. The Morgan fingerprint density at radius 2 is 2.13 bits per heavy atom. The standard InChI is InChI=1S/C7H9F3N4O/c1-2-14-6(7(8,9)10)4(12-13-14)3-5(11)15/h2-3H2,1H3,(H2,11,15). The molecule has 0 fully saturated rings. The van der Waals surface area contributed by atoms with Crippen molar-refractivity contribution in [1.29, 1.82) is 0 Å². The molecule has 0 aliphatic heterocycles. The highest BCUT2D eigenvalue weighted by molar-refractivity contribution is 5.76. The molecule has 1 aromatic heterocycles. The number of carbonyl (C=O) groups is 1. The van der Waals surface area contributed by atoms with Crippen LogP contribution in [0, 0.1) is 0 Å². The van der Waals surface area contributed by atoms with Crippen LogP contribution in [-0.2, 0) is 23.9 Å². The number of amides is 1. The predicted molar refractivity (Wildman–Crippen MR) is 43.6 cm³/mol. The van der Waals surface area contributed by atoms with Crippen LogP contribution in [-0.4, -0.2) is 20.9 Å². The van der Waals surface area contributed by atoms with Crippen LogP contribution in [0.3, 0.4) is 0 Å². The summed E-state index contributed by atoms with van der Waals surface area (Å²) in [6, 6.07) is 0. The first-order valence-electron chi connectivity index (χ1n) is 4.14. The summed E-state index contributed by atoms with van der Waals surface area (Å²) in [5.74, 6) is -0.872. The molecule has 0 spiro atoms. The average molecular weight is 222 g/mol. The van der Waals surface area contributed by atoms with E-state index in [0.29, 0.717) is 4.68 Å². The number of aryl methyl sites for hydroxylation is 1. The Morgan fingerprint density at radius 1 is 1.53 bits per heavy atom. The van der Waals surface area contributed by atoms with Gasteiger partial charge in [-0.1, -0.05) is 5.21 Å². The Balaban J connectivity index is 3.17. The van der Waals surface area contributed by atoms with Crippen molar-refractivity contribution >= 4 is 5.91 Å². The SMILES string of the molecule is CCn1nnc(CC(N)=O)c1C(F)(F)F. The summed E-state index contributed by atoms with van der Waals surface area (Å²) in [5, 5.41) is 6.58. The quantitative estimate of drug-likeness (QED) is 0.801. The minimum Gasteiger partial charge on any atom is -0.369 e. The van der Waals surface area contributed by atoms with Crippen LogP contribution >= 0.6 is 0 Å². The number of aromatic nitrogens is 3. The van der Waals surface area contributed by atoms with Gasteiger partial charge in [-0.3, -0.25) is 4.79 Å². The van der Waals surface area contributed by atoms with E-state index in [-0.39, 0.29) is 6.54 Å². The van der Waals surface area contributed by atoms with Gasteiger partial charge in [0.15, 0.2) is 5.69 Å². The van der Waals surface area contributed by atoms with Crippen molar-refractivity contribution in [1.82, 2.24) is 15.0 Å². The summed E-state index contributed by atoms with van der Waals surface area (Å²) >= 11 is 0. The van der Waals surface area contributed by atoms with E-state index in [1.807, 2.05) is 0 Å². The van der Waals surface area contributed by atoms with Crippen LogP contribution in [0.2, 0.25) is 0 Å². The van der Waals surface area contributed by atoms with E-state index in [1.165, 1.54) is 6.92 Å². The van der Waals surface area contributed by atoms with E-state index in [1.54, 1.807) is 0 Å². The van der Waals surface area contributed by atoms with Gasteiger partial charge in [0, 0.05) is 6.54 Å². The highest BCUT2D eigenvalue weighted by Crippen LogP contribution is 2.31. The lowest BCUT2D eigenvalue weighted by atomic mass is 10.2. The molecule has 1 heterocycles. The third-order valence-corrected chi connectivity index (χ3v) is 1.71. The fourth-order valence-corrected chi connectivity index (χ4v) is 1.16. The van der Waals surface area contributed by atoms with Gasteiger partial charge in [-0.15, -0.1) is 5.10 Å². The van der Waals surface area contributed by atoms with Crippen molar-refractivity contribution in [3.8, 4) is 0 Å². The van der Waals surface area contributed by atoms with Crippen LogP contribution in [0.1, 0.15) is 18.3 Å². The maximum absolute atomic E-state index is 12.5. The lowest BCUT2D eigenvalue weighted by Crippen LogP contribution is -2.20. The van der Waals surface area contributed by atoms with Crippen molar-refractivity contribution in [3.63, 3.8) is 0 Å². The Labute approximate surface area is 83.0 Å². The normalized spacial score (nSPS) is 11.7. The van der Waals surface area contributed by atoms with Crippen LogP contribution in [0.4, 0.5) is 13.2 Å². The zero-order valence-corrected chi connectivity index (χ0v) is 7.88. The molecule has 0 aliphatic carbocycles. The molecule has 0 saturated heterocycles. The largest absolute Gasteiger partial charge is 0.434 e. The molecule has 2 N–H and O–H groups in total. The molecular formula is C7H9F3N4O. The van der Waals surface area contributed by atoms with E-state index in [4.69, 9.17) is 5.73 Å². The van der Waals surface area contributed by atoms with Crippen LogP contribution in [0.5, 0.6) is 0 Å². The van der Waals surface area contributed by atoms with E-state index in [2.05, 4.69) is 10.3 Å². The van der Waals surface area contributed by atoms with Gasteiger partial charge in [0.2, 0.25) is 5.91 Å².